The van der Waals surface area contributed by atoms with E-state index in [0.29, 0.717) is 24.4 Å². The number of rotatable bonds is 2. The van der Waals surface area contributed by atoms with Crippen molar-refractivity contribution in [3.63, 3.8) is 0 Å². The molecule has 0 N–H and O–H groups in total. The van der Waals surface area contributed by atoms with Gasteiger partial charge in [0.15, 0.2) is 0 Å². The molecule has 0 atom stereocenters. The molecule has 1 amide bonds. The minimum atomic E-state index is -0.358. The van der Waals surface area contributed by atoms with E-state index < -0.39 is 0 Å². The molecule has 3 aromatic rings. The molecule has 1 fully saturated rings. The second-order valence-corrected chi connectivity index (χ2v) is 5.71. The van der Waals surface area contributed by atoms with E-state index in [0.717, 1.165) is 18.9 Å². The summed E-state index contributed by atoms with van der Waals surface area (Å²) in [5.41, 5.74) is 0.902. The van der Waals surface area contributed by atoms with Crippen molar-refractivity contribution >= 4 is 17.4 Å². The molecule has 0 spiro atoms. The fraction of sp³-hybridized carbons (Fsp3) is 0.235. The van der Waals surface area contributed by atoms with Crippen molar-refractivity contribution < 1.29 is 9.18 Å². The van der Waals surface area contributed by atoms with Crippen molar-refractivity contribution in [3.8, 4) is 0 Å². The molecule has 7 heteroatoms. The lowest BCUT2D eigenvalue weighted by Gasteiger charge is -2.35. The number of carbonyl (C=O) groups is 1. The number of piperazine rings is 1. The molecule has 1 saturated heterocycles. The van der Waals surface area contributed by atoms with E-state index in [1.807, 2.05) is 18.2 Å². The van der Waals surface area contributed by atoms with Gasteiger partial charge in [0.2, 0.25) is 0 Å². The van der Waals surface area contributed by atoms with Crippen molar-refractivity contribution in [1.29, 1.82) is 0 Å². The van der Waals surface area contributed by atoms with E-state index in [2.05, 4.69) is 14.9 Å². The molecule has 3 aromatic heterocycles. The lowest BCUT2D eigenvalue weighted by Crippen LogP contribution is -2.49. The summed E-state index contributed by atoms with van der Waals surface area (Å²) >= 11 is 0. The van der Waals surface area contributed by atoms with Crippen LogP contribution in [0.15, 0.2) is 48.9 Å². The van der Waals surface area contributed by atoms with E-state index in [-0.39, 0.29) is 11.7 Å². The van der Waals surface area contributed by atoms with Crippen LogP contribution in [0.2, 0.25) is 0 Å². The minimum absolute atomic E-state index is 0.125. The summed E-state index contributed by atoms with van der Waals surface area (Å²) in [5.74, 6) is 0.440. The number of carbonyl (C=O) groups excluding carboxylic acids is 1. The smallest absolute Gasteiger partial charge is 0.274 e. The summed E-state index contributed by atoms with van der Waals surface area (Å²) < 4.78 is 14.8. The number of hydrogen-bond donors (Lipinski definition) is 0. The van der Waals surface area contributed by atoms with Gasteiger partial charge in [-0.05, 0) is 24.3 Å². The van der Waals surface area contributed by atoms with E-state index in [1.165, 1.54) is 16.7 Å². The predicted octanol–water partition coefficient (Wildman–Crippen LogP) is 1.83. The first-order chi connectivity index (χ1) is 11.7. The Bertz CT molecular complexity index is 871. The Hall–Kier alpha value is -2.96. The summed E-state index contributed by atoms with van der Waals surface area (Å²) in [4.78, 5) is 25.2. The third-order valence-corrected chi connectivity index (χ3v) is 4.17. The summed E-state index contributed by atoms with van der Waals surface area (Å²) in [7, 11) is 0. The highest BCUT2D eigenvalue weighted by atomic mass is 19.1. The molecular weight excluding hydrogens is 309 g/mol. The molecule has 0 unspecified atom stereocenters. The molecule has 6 nitrogen and oxygen atoms in total. The Morgan fingerprint density at radius 2 is 1.88 bits per heavy atom. The molecule has 0 aromatic carbocycles. The molecule has 1 aliphatic rings. The molecule has 1 aliphatic heterocycles. The maximum Gasteiger partial charge on any atom is 0.274 e. The SMILES string of the molecule is O=C(c1cn2cc(F)ccc2n1)N1CCN(c2ccccn2)CC1. The first-order valence-electron chi connectivity index (χ1n) is 7.80. The number of hydrogen-bond acceptors (Lipinski definition) is 4. The normalized spacial score (nSPS) is 15.0. The molecule has 122 valence electrons. The Morgan fingerprint density at radius 1 is 1.04 bits per heavy atom. The number of anilines is 1. The quantitative estimate of drug-likeness (QED) is 0.721. The number of fused-ring (bicyclic) bond motifs is 1. The fourth-order valence-electron chi connectivity index (χ4n) is 2.91. The topological polar surface area (TPSA) is 53.7 Å². The molecular formula is C17H16FN5O. The first-order valence-corrected chi connectivity index (χ1v) is 7.80. The highest BCUT2D eigenvalue weighted by molar-refractivity contribution is 5.93. The van der Waals surface area contributed by atoms with Gasteiger partial charge in [-0.15, -0.1) is 0 Å². The summed E-state index contributed by atoms with van der Waals surface area (Å²) in [6, 6.07) is 8.70. The Kier molecular flexibility index (Phi) is 3.60. The van der Waals surface area contributed by atoms with Crippen LogP contribution >= 0.6 is 0 Å². The average Bonchev–Trinajstić information content (AvgIpc) is 3.05. The Labute approximate surface area is 138 Å². The van der Waals surface area contributed by atoms with Crippen LogP contribution in [0.1, 0.15) is 10.5 Å². The van der Waals surface area contributed by atoms with Crippen LogP contribution in [0.25, 0.3) is 5.65 Å². The van der Waals surface area contributed by atoms with E-state index in [1.54, 1.807) is 23.4 Å². The van der Waals surface area contributed by atoms with Crippen LogP contribution in [0.3, 0.4) is 0 Å². The van der Waals surface area contributed by atoms with Gasteiger partial charge < -0.3 is 14.2 Å². The predicted molar refractivity (Wildman–Crippen MR) is 87.5 cm³/mol. The second-order valence-electron chi connectivity index (χ2n) is 5.71. The van der Waals surface area contributed by atoms with Gasteiger partial charge in [-0.1, -0.05) is 6.07 Å². The van der Waals surface area contributed by atoms with Gasteiger partial charge in [0.1, 0.15) is 23.0 Å². The largest absolute Gasteiger partial charge is 0.353 e. The van der Waals surface area contributed by atoms with Crippen LogP contribution in [-0.2, 0) is 0 Å². The monoisotopic (exact) mass is 325 g/mol. The summed E-state index contributed by atoms with van der Waals surface area (Å²) in [5, 5.41) is 0. The number of halogens is 1. The fourth-order valence-corrected chi connectivity index (χ4v) is 2.91. The van der Waals surface area contributed by atoms with Gasteiger partial charge in [-0.3, -0.25) is 4.79 Å². The van der Waals surface area contributed by atoms with Crippen molar-refractivity contribution in [2.75, 3.05) is 31.1 Å². The van der Waals surface area contributed by atoms with Gasteiger partial charge >= 0.3 is 0 Å². The maximum absolute atomic E-state index is 13.3. The van der Waals surface area contributed by atoms with E-state index in [4.69, 9.17) is 0 Å². The highest BCUT2D eigenvalue weighted by Crippen LogP contribution is 2.15. The number of pyridine rings is 2. The van der Waals surface area contributed by atoms with Crippen LogP contribution in [-0.4, -0.2) is 51.4 Å². The molecule has 24 heavy (non-hydrogen) atoms. The minimum Gasteiger partial charge on any atom is -0.353 e. The average molecular weight is 325 g/mol. The molecule has 4 heterocycles. The zero-order valence-corrected chi connectivity index (χ0v) is 13.0. The lowest BCUT2D eigenvalue weighted by atomic mass is 10.2. The molecule has 0 aliphatic carbocycles. The number of nitrogens with zero attached hydrogens (tertiary/aromatic N) is 5. The van der Waals surface area contributed by atoms with E-state index >= 15 is 0 Å². The summed E-state index contributed by atoms with van der Waals surface area (Å²) in [6.07, 6.45) is 4.66. The van der Waals surface area contributed by atoms with Crippen molar-refractivity contribution in [2.45, 2.75) is 0 Å². The van der Waals surface area contributed by atoms with Gasteiger partial charge in [0, 0.05) is 44.8 Å². The Balaban J connectivity index is 1.47. The van der Waals surface area contributed by atoms with Gasteiger partial charge in [0.05, 0.1) is 0 Å². The number of imidazole rings is 1. The van der Waals surface area contributed by atoms with Crippen LogP contribution < -0.4 is 4.90 Å². The third-order valence-electron chi connectivity index (χ3n) is 4.17. The zero-order chi connectivity index (χ0) is 16.5. The lowest BCUT2D eigenvalue weighted by molar-refractivity contribution is 0.0741. The van der Waals surface area contributed by atoms with Gasteiger partial charge in [-0.25, -0.2) is 14.4 Å². The molecule has 0 radical (unpaired) electrons. The van der Waals surface area contributed by atoms with Crippen LogP contribution in [0, 0.1) is 5.82 Å². The highest BCUT2D eigenvalue weighted by Gasteiger charge is 2.24. The standard InChI is InChI=1S/C17H16FN5O/c18-13-4-5-16-20-14(12-23(16)11-13)17(24)22-9-7-21(8-10-22)15-3-1-2-6-19-15/h1-6,11-12H,7-10H2. The molecule has 0 saturated carbocycles. The molecule has 0 bridgehead atoms. The van der Waals surface area contributed by atoms with Crippen LogP contribution in [0.5, 0.6) is 0 Å². The van der Waals surface area contributed by atoms with Crippen molar-refractivity contribution in [3.05, 3.63) is 60.4 Å². The second kappa shape index (κ2) is 5.92. The van der Waals surface area contributed by atoms with Gasteiger partial charge in [0.25, 0.3) is 5.91 Å². The summed E-state index contributed by atoms with van der Waals surface area (Å²) in [6.45, 7) is 2.67. The van der Waals surface area contributed by atoms with Crippen molar-refractivity contribution in [1.82, 2.24) is 19.3 Å². The van der Waals surface area contributed by atoms with Crippen molar-refractivity contribution in [2.24, 2.45) is 0 Å². The Morgan fingerprint density at radius 3 is 2.62 bits per heavy atom. The van der Waals surface area contributed by atoms with E-state index in [9.17, 15) is 9.18 Å². The maximum atomic E-state index is 13.3. The molecule has 4 rings (SSSR count). The van der Waals surface area contributed by atoms with Crippen LogP contribution in [0.4, 0.5) is 10.2 Å². The first kappa shape index (κ1) is 14.6. The third kappa shape index (κ3) is 2.68. The zero-order valence-electron chi connectivity index (χ0n) is 13.0. The number of amides is 1. The van der Waals surface area contributed by atoms with Gasteiger partial charge in [-0.2, -0.15) is 0 Å². The number of aromatic nitrogens is 3.